The number of carbonyl (C=O) groups excluding carboxylic acids is 1. The molecule has 0 heterocycles. The highest BCUT2D eigenvalue weighted by Crippen LogP contribution is 2.13. The average molecular weight is 348 g/mol. The summed E-state index contributed by atoms with van der Waals surface area (Å²) < 4.78 is 26.7. The van der Waals surface area contributed by atoms with Gasteiger partial charge in [-0.3, -0.25) is 4.79 Å². The van der Waals surface area contributed by atoms with Crippen LogP contribution in [0.25, 0.3) is 0 Å². The molecule has 0 aliphatic carbocycles. The fraction of sp³-hybridized carbons (Fsp3) is 0.118. The molecule has 0 radical (unpaired) electrons. The lowest BCUT2D eigenvalue weighted by molar-refractivity contribution is 0.101. The summed E-state index contributed by atoms with van der Waals surface area (Å²) in [7, 11) is -3.72. The van der Waals surface area contributed by atoms with Crippen LogP contribution in [0.5, 0.6) is 0 Å². The van der Waals surface area contributed by atoms with Crippen molar-refractivity contribution in [2.75, 3.05) is 6.54 Å². The van der Waals surface area contributed by atoms with Crippen LogP contribution in [0.3, 0.4) is 0 Å². The van der Waals surface area contributed by atoms with E-state index in [1.165, 1.54) is 25.1 Å². The molecular weight excluding hydrogens is 334 g/mol. The van der Waals surface area contributed by atoms with Gasteiger partial charge in [-0.15, -0.1) is 0 Å². The molecule has 0 saturated heterocycles. The zero-order valence-corrected chi connectivity index (χ0v) is 13.9. The Labute approximate surface area is 140 Å². The van der Waals surface area contributed by atoms with Crippen LogP contribution in [0.2, 0.25) is 5.02 Å². The first-order valence-electron chi connectivity index (χ1n) is 6.74. The van der Waals surface area contributed by atoms with Gasteiger partial charge < -0.3 is 0 Å². The van der Waals surface area contributed by atoms with Crippen molar-refractivity contribution in [2.24, 2.45) is 0 Å². The summed E-state index contributed by atoms with van der Waals surface area (Å²) in [5, 5.41) is 0.511. The van der Waals surface area contributed by atoms with Crippen molar-refractivity contribution >= 4 is 27.4 Å². The standard InChI is InChI=1S/C17H14ClNO3S/c1-13(20)15-7-4-9-16(12-15)23(21,22)19-11-5-8-14-6-2-3-10-17(14)18/h2-4,6-7,9-10,12,19H,11H2,1H3. The maximum atomic E-state index is 12.2. The van der Waals surface area contributed by atoms with Gasteiger partial charge in [0.2, 0.25) is 10.0 Å². The molecular formula is C17H14ClNO3S. The van der Waals surface area contributed by atoms with E-state index in [2.05, 4.69) is 16.6 Å². The fourth-order valence-electron chi connectivity index (χ4n) is 1.80. The molecule has 0 saturated carbocycles. The molecule has 0 unspecified atom stereocenters. The van der Waals surface area contributed by atoms with E-state index < -0.39 is 10.0 Å². The minimum Gasteiger partial charge on any atom is -0.295 e. The lowest BCUT2D eigenvalue weighted by Crippen LogP contribution is -2.24. The van der Waals surface area contributed by atoms with E-state index >= 15 is 0 Å². The highest BCUT2D eigenvalue weighted by atomic mass is 35.5. The Morgan fingerprint density at radius 3 is 2.61 bits per heavy atom. The third-order valence-corrected chi connectivity index (χ3v) is 4.73. The van der Waals surface area contributed by atoms with Gasteiger partial charge in [0, 0.05) is 11.1 Å². The van der Waals surface area contributed by atoms with Crippen molar-refractivity contribution in [1.29, 1.82) is 0 Å². The molecule has 0 amide bonds. The Balaban J connectivity index is 2.10. The Bertz CT molecular complexity index is 895. The second-order valence-electron chi connectivity index (χ2n) is 4.69. The Kier molecular flexibility index (Phi) is 5.56. The zero-order chi connectivity index (χ0) is 16.9. The number of hydrogen-bond acceptors (Lipinski definition) is 3. The number of Topliss-reactive ketones (excluding diaryl/α,β-unsaturated/α-hetero) is 1. The molecule has 0 aromatic heterocycles. The maximum Gasteiger partial charge on any atom is 0.241 e. The largest absolute Gasteiger partial charge is 0.295 e. The van der Waals surface area contributed by atoms with Gasteiger partial charge in [-0.25, -0.2) is 8.42 Å². The molecule has 0 spiro atoms. The number of carbonyl (C=O) groups is 1. The van der Waals surface area contributed by atoms with E-state index in [-0.39, 0.29) is 17.2 Å². The summed E-state index contributed by atoms with van der Waals surface area (Å²) in [6, 6.07) is 12.9. The van der Waals surface area contributed by atoms with Gasteiger partial charge in [0.05, 0.1) is 16.5 Å². The van der Waals surface area contributed by atoms with Crippen molar-refractivity contribution in [3.8, 4) is 11.8 Å². The van der Waals surface area contributed by atoms with Crippen molar-refractivity contribution < 1.29 is 13.2 Å². The molecule has 0 aliphatic heterocycles. The van der Waals surface area contributed by atoms with Gasteiger partial charge in [-0.2, -0.15) is 4.72 Å². The summed E-state index contributed by atoms with van der Waals surface area (Å²) in [6.45, 7) is 1.33. The number of benzene rings is 2. The minimum atomic E-state index is -3.72. The molecule has 1 N–H and O–H groups in total. The molecule has 2 rings (SSSR count). The number of rotatable bonds is 4. The van der Waals surface area contributed by atoms with Crippen molar-refractivity contribution in [3.63, 3.8) is 0 Å². The van der Waals surface area contributed by atoms with Crippen LogP contribution >= 0.6 is 11.6 Å². The average Bonchev–Trinajstić information content (AvgIpc) is 2.53. The molecule has 4 nitrogen and oxygen atoms in total. The highest BCUT2D eigenvalue weighted by Gasteiger charge is 2.14. The first-order valence-corrected chi connectivity index (χ1v) is 8.60. The van der Waals surface area contributed by atoms with Gasteiger partial charge >= 0.3 is 0 Å². The second-order valence-corrected chi connectivity index (χ2v) is 6.86. The Morgan fingerprint density at radius 2 is 1.91 bits per heavy atom. The van der Waals surface area contributed by atoms with E-state index in [4.69, 9.17) is 11.6 Å². The highest BCUT2D eigenvalue weighted by molar-refractivity contribution is 7.89. The van der Waals surface area contributed by atoms with E-state index in [0.29, 0.717) is 16.1 Å². The number of hydrogen-bond donors (Lipinski definition) is 1. The first kappa shape index (κ1) is 17.2. The zero-order valence-electron chi connectivity index (χ0n) is 12.3. The van der Waals surface area contributed by atoms with E-state index in [1.54, 1.807) is 30.3 Å². The van der Waals surface area contributed by atoms with Crippen LogP contribution in [-0.2, 0) is 10.0 Å². The minimum absolute atomic E-state index is 0.0322. The van der Waals surface area contributed by atoms with Crippen LogP contribution in [0.1, 0.15) is 22.8 Å². The summed E-state index contributed by atoms with van der Waals surface area (Å²) >= 11 is 5.96. The number of halogens is 1. The summed E-state index contributed by atoms with van der Waals surface area (Å²) in [6.07, 6.45) is 0. The lowest BCUT2D eigenvalue weighted by atomic mass is 10.2. The van der Waals surface area contributed by atoms with Gasteiger partial charge in [-0.1, -0.05) is 47.7 Å². The monoisotopic (exact) mass is 347 g/mol. The number of ketones is 1. The van der Waals surface area contributed by atoms with Crippen LogP contribution in [0.15, 0.2) is 53.4 Å². The Hall–Kier alpha value is -2.13. The van der Waals surface area contributed by atoms with E-state index in [0.717, 1.165) is 0 Å². The molecule has 118 valence electrons. The number of nitrogens with one attached hydrogen (secondary N) is 1. The lowest BCUT2D eigenvalue weighted by Gasteiger charge is -2.05. The van der Waals surface area contributed by atoms with Crippen molar-refractivity contribution in [1.82, 2.24) is 4.72 Å². The number of sulfonamides is 1. The molecule has 2 aromatic rings. The quantitative estimate of drug-likeness (QED) is 0.683. The predicted octanol–water partition coefficient (Wildman–Crippen LogP) is 2.87. The van der Waals surface area contributed by atoms with Crippen molar-refractivity contribution in [2.45, 2.75) is 11.8 Å². The third kappa shape index (κ3) is 4.67. The molecule has 0 fully saturated rings. The van der Waals surface area contributed by atoms with Crippen molar-refractivity contribution in [3.05, 3.63) is 64.7 Å². The smallest absolute Gasteiger partial charge is 0.241 e. The van der Waals surface area contributed by atoms with Gasteiger partial charge in [0.1, 0.15) is 0 Å². The first-order chi connectivity index (χ1) is 10.9. The molecule has 2 aromatic carbocycles. The third-order valence-electron chi connectivity index (χ3n) is 3.00. The van der Waals surface area contributed by atoms with Gasteiger partial charge in [0.25, 0.3) is 0 Å². The predicted molar refractivity (Wildman–Crippen MR) is 90.0 cm³/mol. The molecule has 6 heteroatoms. The van der Waals surface area contributed by atoms with Crippen LogP contribution < -0.4 is 4.72 Å². The fourth-order valence-corrected chi connectivity index (χ4v) is 2.95. The Morgan fingerprint density at radius 1 is 1.17 bits per heavy atom. The van der Waals surface area contributed by atoms with E-state index in [1.807, 2.05) is 0 Å². The summed E-state index contributed by atoms with van der Waals surface area (Å²) in [5.41, 5.74) is 0.974. The van der Waals surface area contributed by atoms with Gasteiger partial charge in [0.15, 0.2) is 5.78 Å². The molecule has 0 atom stereocenters. The topological polar surface area (TPSA) is 63.2 Å². The van der Waals surface area contributed by atoms with Gasteiger partial charge in [-0.05, 0) is 31.2 Å². The van der Waals surface area contributed by atoms with E-state index in [9.17, 15) is 13.2 Å². The summed E-state index contributed by atoms with van der Waals surface area (Å²) in [5.74, 6) is 5.32. The molecule has 0 bridgehead atoms. The van der Waals surface area contributed by atoms with Crippen LogP contribution in [0, 0.1) is 11.8 Å². The van der Waals surface area contributed by atoms with Crippen LogP contribution in [-0.4, -0.2) is 20.7 Å². The summed E-state index contributed by atoms with van der Waals surface area (Å²) in [4.78, 5) is 11.4. The second kappa shape index (κ2) is 7.42. The molecule has 23 heavy (non-hydrogen) atoms. The molecule has 0 aliphatic rings. The van der Waals surface area contributed by atoms with Crippen LogP contribution in [0.4, 0.5) is 0 Å². The normalized spacial score (nSPS) is 10.7. The SMILES string of the molecule is CC(=O)c1cccc(S(=O)(=O)NCC#Cc2ccccc2Cl)c1. The maximum absolute atomic E-state index is 12.2.